The first-order chi connectivity index (χ1) is 3.41. The van der Waals surface area contributed by atoms with E-state index in [1.165, 1.54) is 0 Å². The van der Waals surface area contributed by atoms with E-state index < -0.39 is 10.4 Å². The van der Waals surface area contributed by atoms with E-state index >= 15 is 0 Å². The van der Waals surface area contributed by atoms with E-state index in [4.69, 9.17) is 17.5 Å². The van der Waals surface area contributed by atoms with E-state index in [2.05, 4.69) is 6.92 Å². The van der Waals surface area contributed by atoms with Gasteiger partial charge in [0.25, 0.3) is 0 Å². The van der Waals surface area contributed by atoms with E-state index in [9.17, 15) is 0 Å². The van der Waals surface area contributed by atoms with Crippen LogP contribution in [0.3, 0.4) is 0 Å². The first-order valence-electron chi connectivity index (χ1n) is 1.91. The predicted molar refractivity (Wildman–Crippen MR) is 39.9 cm³/mol. The highest BCUT2D eigenvalue weighted by Gasteiger charge is 1.84. The molecule has 0 aromatic heterocycles. The highest BCUT2D eigenvalue weighted by molar-refractivity contribution is 7.79. The number of rotatable bonds is 0. The molecule has 0 aromatic carbocycles. The maximum Gasteiger partial charge on any atom is 0.394 e. The van der Waals surface area contributed by atoms with Crippen LogP contribution >= 0.6 is 0 Å². The average Bonchev–Trinajstić information content (AvgIpc) is 1.27. The zero-order valence-corrected chi connectivity index (χ0v) is 6.76. The fourth-order valence-corrected chi connectivity index (χ4v) is 0. The van der Waals surface area contributed by atoms with E-state index in [0.717, 1.165) is 6.42 Å². The van der Waals surface area contributed by atoms with Gasteiger partial charge in [-0.3, -0.25) is 9.11 Å². The van der Waals surface area contributed by atoms with Crippen LogP contribution in [0.15, 0.2) is 0 Å². The predicted octanol–water partition coefficient (Wildman–Crippen LogP) is 0.902. The summed E-state index contributed by atoms with van der Waals surface area (Å²) in [5, 5.41) is 0. The van der Waals surface area contributed by atoms with Crippen molar-refractivity contribution in [1.82, 2.24) is 12.3 Å². The average molecular weight is 175 g/mol. The number of hydrogen-bond donors (Lipinski definition) is 4. The molecule has 0 saturated heterocycles. The minimum absolute atomic E-state index is 0. The largest absolute Gasteiger partial charge is 0.394 e. The van der Waals surface area contributed by atoms with Crippen LogP contribution in [0.1, 0.15) is 13.3 Å². The van der Waals surface area contributed by atoms with Gasteiger partial charge in [-0.15, -0.1) is 0 Å². The molecule has 6 nitrogen and oxygen atoms in total. The minimum Gasteiger partial charge on any atom is -0.344 e. The van der Waals surface area contributed by atoms with Gasteiger partial charge >= 0.3 is 10.4 Å². The molecule has 0 spiro atoms. The van der Waals surface area contributed by atoms with Gasteiger partial charge in [0.1, 0.15) is 0 Å². The van der Waals surface area contributed by atoms with Crippen molar-refractivity contribution in [2.45, 2.75) is 13.3 Å². The first kappa shape index (κ1) is 22.6. The molecular formula is C3H15N2O4S. The molecule has 1 radical (unpaired) electrons. The van der Waals surface area contributed by atoms with Crippen molar-refractivity contribution >= 4 is 10.4 Å². The van der Waals surface area contributed by atoms with Crippen molar-refractivity contribution in [3.8, 4) is 0 Å². The second-order valence-corrected chi connectivity index (χ2v) is 1.84. The fraction of sp³-hybridized carbons (Fsp3) is 0.667. The summed E-state index contributed by atoms with van der Waals surface area (Å²) in [7, 11) is -4.67. The normalized spacial score (nSPS) is 7.60. The van der Waals surface area contributed by atoms with Crippen molar-refractivity contribution in [2.24, 2.45) is 0 Å². The molecule has 0 amide bonds. The Morgan fingerprint density at radius 2 is 1.30 bits per heavy atom. The lowest BCUT2D eigenvalue weighted by molar-refractivity contribution is 0.381. The van der Waals surface area contributed by atoms with Crippen molar-refractivity contribution in [3.05, 3.63) is 6.92 Å². The van der Waals surface area contributed by atoms with Gasteiger partial charge < -0.3 is 12.3 Å². The van der Waals surface area contributed by atoms with Crippen molar-refractivity contribution < 1.29 is 17.5 Å². The maximum absolute atomic E-state index is 8.74. The van der Waals surface area contributed by atoms with Crippen LogP contribution in [0, 0.1) is 6.92 Å². The quantitative estimate of drug-likeness (QED) is 0.402. The van der Waals surface area contributed by atoms with Crippen LogP contribution in [-0.2, 0) is 10.4 Å². The topological polar surface area (TPSA) is 145 Å². The zero-order chi connectivity index (χ0) is 7.21. The second-order valence-electron chi connectivity index (χ2n) is 0.948. The van der Waals surface area contributed by atoms with Crippen LogP contribution in [-0.4, -0.2) is 17.5 Å². The molecule has 0 aliphatic heterocycles. The van der Waals surface area contributed by atoms with Crippen molar-refractivity contribution in [1.29, 1.82) is 0 Å². The Kier molecular flexibility index (Phi) is 26.1. The van der Waals surface area contributed by atoms with Gasteiger partial charge in [0.2, 0.25) is 0 Å². The summed E-state index contributed by atoms with van der Waals surface area (Å²) in [6.07, 6.45) is 1.00. The van der Waals surface area contributed by atoms with Crippen LogP contribution in [0.2, 0.25) is 0 Å². The summed E-state index contributed by atoms with van der Waals surface area (Å²) >= 11 is 0. The van der Waals surface area contributed by atoms with E-state index in [1.807, 2.05) is 6.92 Å². The zero-order valence-electron chi connectivity index (χ0n) is 5.95. The SMILES string of the molecule is N.N.O=S(=O)(O)O.[CH2]CC. The smallest absolute Gasteiger partial charge is 0.344 e. The molecule has 0 atom stereocenters. The molecule has 0 aliphatic carbocycles. The van der Waals surface area contributed by atoms with E-state index in [0.29, 0.717) is 0 Å². The van der Waals surface area contributed by atoms with Crippen LogP contribution < -0.4 is 12.3 Å². The molecule has 0 saturated carbocycles. The second kappa shape index (κ2) is 11.6. The third-order valence-corrected chi connectivity index (χ3v) is 0. The molecule has 0 fully saturated rings. The molecule has 8 N–H and O–H groups in total. The Balaban J connectivity index is -0.0000000326. The lowest BCUT2D eigenvalue weighted by atomic mass is 10.6. The van der Waals surface area contributed by atoms with Crippen LogP contribution in [0.4, 0.5) is 0 Å². The van der Waals surface area contributed by atoms with Gasteiger partial charge in [-0.25, -0.2) is 0 Å². The summed E-state index contributed by atoms with van der Waals surface area (Å²) < 4.78 is 31.6. The van der Waals surface area contributed by atoms with Gasteiger partial charge in [-0.2, -0.15) is 8.42 Å². The fourth-order valence-electron chi connectivity index (χ4n) is 0. The molecule has 0 rings (SSSR count). The van der Waals surface area contributed by atoms with Gasteiger partial charge in [0, 0.05) is 0 Å². The van der Waals surface area contributed by atoms with E-state index in [-0.39, 0.29) is 12.3 Å². The van der Waals surface area contributed by atoms with Gasteiger partial charge in [0.15, 0.2) is 0 Å². The number of hydrogen-bond acceptors (Lipinski definition) is 4. The van der Waals surface area contributed by atoms with Gasteiger partial charge in [-0.1, -0.05) is 20.3 Å². The first-order valence-corrected chi connectivity index (χ1v) is 3.30. The Morgan fingerprint density at radius 1 is 1.30 bits per heavy atom. The summed E-state index contributed by atoms with van der Waals surface area (Å²) in [6.45, 7) is 5.50. The molecule has 67 valence electrons. The molecular weight excluding hydrogens is 160 g/mol. The maximum atomic E-state index is 8.74. The lowest BCUT2D eigenvalue weighted by Crippen LogP contribution is -1.89. The van der Waals surface area contributed by atoms with Crippen molar-refractivity contribution in [3.63, 3.8) is 0 Å². The third kappa shape index (κ3) is 8140. The highest BCUT2D eigenvalue weighted by Crippen LogP contribution is 1.59. The van der Waals surface area contributed by atoms with Crippen LogP contribution in [0.25, 0.3) is 0 Å². The minimum atomic E-state index is -4.67. The molecule has 0 aliphatic rings. The summed E-state index contributed by atoms with van der Waals surface area (Å²) in [6, 6.07) is 0. The molecule has 0 bridgehead atoms. The van der Waals surface area contributed by atoms with Gasteiger partial charge in [-0.05, 0) is 0 Å². The molecule has 10 heavy (non-hydrogen) atoms. The third-order valence-electron chi connectivity index (χ3n) is 0. The van der Waals surface area contributed by atoms with Crippen molar-refractivity contribution in [2.75, 3.05) is 0 Å². The molecule has 7 heteroatoms. The van der Waals surface area contributed by atoms with E-state index in [1.54, 1.807) is 0 Å². The molecule has 0 heterocycles. The Morgan fingerprint density at radius 3 is 1.30 bits per heavy atom. The summed E-state index contributed by atoms with van der Waals surface area (Å²) in [5.74, 6) is 0. The lowest BCUT2D eigenvalue weighted by Gasteiger charge is -1.68. The molecule has 0 aromatic rings. The molecule has 0 unspecified atom stereocenters. The monoisotopic (exact) mass is 175 g/mol. The Bertz CT molecular complexity index is 112. The highest BCUT2D eigenvalue weighted by atomic mass is 32.3. The Labute approximate surface area is 61.4 Å². The van der Waals surface area contributed by atoms with Crippen LogP contribution in [0.5, 0.6) is 0 Å². The standard InChI is InChI=1S/C3H7.2H3N.H2O4S/c1-3-2;;;1-5(2,3)4/h1,3H2,2H3;2*1H3;(H2,1,2,3,4). The van der Waals surface area contributed by atoms with Gasteiger partial charge in [0.05, 0.1) is 0 Å². The Hall–Kier alpha value is -0.210. The summed E-state index contributed by atoms with van der Waals surface area (Å²) in [5.41, 5.74) is 0. The summed E-state index contributed by atoms with van der Waals surface area (Å²) in [4.78, 5) is 0.